The molecule has 8 aromatic carbocycles. The molecule has 0 saturated heterocycles. The summed E-state index contributed by atoms with van der Waals surface area (Å²) in [6.07, 6.45) is 0. The maximum Gasteiger partial charge on any atom is 0.0714 e. The number of fused-ring (bicyclic) bond motifs is 5. The van der Waals surface area contributed by atoms with Crippen molar-refractivity contribution in [3.05, 3.63) is 232 Å². The van der Waals surface area contributed by atoms with E-state index in [0.29, 0.717) is 0 Å². The van der Waals surface area contributed by atoms with E-state index in [1.807, 2.05) is 0 Å². The van der Waals surface area contributed by atoms with E-state index >= 15 is 0 Å². The van der Waals surface area contributed by atoms with E-state index < -0.39 is 5.41 Å². The van der Waals surface area contributed by atoms with Gasteiger partial charge in [-0.25, -0.2) is 0 Å². The van der Waals surface area contributed by atoms with Gasteiger partial charge in [-0.15, -0.1) is 0 Å². The largest absolute Gasteiger partial charge is 0.310 e. The summed E-state index contributed by atoms with van der Waals surface area (Å²) in [5.74, 6) is 0. The van der Waals surface area contributed by atoms with Crippen LogP contribution in [0.15, 0.2) is 182 Å². The molecule has 14 rings (SSSR count). The van der Waals surface area contributed by atoms with E-state index in [2.05, 4.69) is 235 Å². The molecule has 60 heavy (non-hydrogen) atoms. The fraction of sp³-hybridized carbons (Fsp3) is 0.186. The molecule has 1 unspecified atom stereocenters. The number of hydrogen-bond acceptors (Lipinski definition) is 1. The SMILES string of the molecule is CC(C)(C)c1ccc(C23c4ccc(cc4)C(C)(C)c4ccccc4-c4ccc(cc4)N(c4ccc5c(c4)C(C)(C)c4ccccc4-5)c4ccc(c2c4)-c2ccccc23)cc1. The van der Waals surface area contributed by atoms with Crippen LogP contribution in [0.1, 0.15) is 98.5 Å². The lowest BCUT2D eigenvalue weighted by Gasteiger charge is -2.36. The van der Waals surface area contributed by atoms with Crippen molar-refractivity contribution in [1.29, 1.82) is 0 Å². The predicted molar refractivity (Wildman–Crippen MR) is 252 cm³/mol. The molecule has 6 aliphatic rings. The highest BCUT2D eigenvalue weighted by molar-refractivity contribution is 5.91. The smallest absolute Gasteiger partial charge is 0.0714 e. The molecule has 0 radical (unpaired) electrons. The lowest BCUT2D eigenvalue weighted by Crippen LogP contribution is -2.29. The molecule has 4 aliphatic heterocycles. The molecular formula is C59H51N. The van der Waals surface area contributed by atoms with Crippen molar-refractivity contribution in [2.75, 3.05) is 4.90 Å². The average Bonchev–Trinajstić information content (AvgIpc) is 3.69. The second kappa shape index (κ2) is 12.8. The standard InChI is InChI=1S/C59H51N/c1-56(2,3)39-22-26-41(27-23-39)59-42-28-24-40(25-29-42)57(4,5)51-17-11-8-14-46(51)38-20-30-43(31-21-38)60(45-33-35-50(55(59)37-45)48-16-10-13-19-53(48)59)44-32-34-49-47-15-9-12-18-52(47)58(6,7)54(49)36-44/h8-37H,1-7H3. The zero-order valence-electron chi connectivity index (χ0n) is 35.8. The van der Waals surface area contributed by atoms with Gasteiger partial charge in [0.2, 0.25) is 0 Å². The second-order valence-electron chi connectivity index (χ2n) is 19.4. The van der Waals surface area contributed by atoms with Crippen LogP contribution >= 0.6 is 0 Å². The summed E-state index contributed by atoms with van der Waals surface area (Å²) < 4.78 is 0. The maximum atomic E-state index is 2.51. The minimum absolute atomic E-state index is 0.0424. The number of nitrogens with zero attached hydrogens (tertiary/aromatic N) is 1. The van der Waals surface area contributed by atoms with E-state index in [1.165, 1.54) is 83.5 Å². The van der Waals surface area contributed by atoms with Gasteiger partial charge in [-0.05, 0) is 125 Å². The Morgan fingerprint density at radius 3 is 1.38 bits per heavy atom. The van der Waals surface area contributed by atoms with Crippen molar-refractivity contribution in [1.82, 2.24) is 0 Å². The topological polar surface area (TPSA) is 3.24 Å². The van der Waals surface area contributed by atoms with Gasteiger partial charge >= 0.3 is 0 Å². The molecule has 0 N–H and O–H groups in total. The average molecular weight is 774 g/mol. The minimum atomic E-state index is -0.549. The molecule has 1 heteroatoms. The van der Waals surface area contributed by atoms with E-state index in [9.17, 15) is 0 Å². The Balaban J connectivity index is 1.23. The Morgan fingerprint density at radius 2 is 0.783 bits per heavy atom. The molecule has 4 heterocycles. The van der Waals surface area contributed by atoms with Crippen molar-refractivity contribution >= 4 is 17.1 Å². The Labute approximate surface area is 356 Å². The van der Waals surface area contributed by atoms with Crippen molar-refractivity contribution in [2.24, 2.45) is 0 Å². The van der Waals surface area contributed by atoms with Crippen LogP contribution in [0.25, 0.3) is 33.4 Å². The van der Waals surface area contributed by atoms with E-state index in [-0.39, 0.29) is 16.2 Å². The van der Waals surface area contributed by atoms with Gasteiger partial charge in [0, 0.05) is 27.9 Å². The Hall–Kier alpha value is -6.44. The highest BCUT2D eigenvalue weighted by Gasteiger charge is 2.47. The first kappa shape index (κ1) is 36.6. The van der Waals surface area contributed by atoms with Crippen molar-refractivity contribution in [3.63, 3.8) is 0 Å². The van der Waals surface area contributed by atoms with Gasteiger partial charge in [0.1, 0.15) is 0 Å². The monoisotopic (exact) mass is 773 g/mol. The van der Waals surface area contributed by atoms with Gasteiger partial charge in [-0.1, -0.05) is 194 Å². The molecular weight excluding hydrogens is 723 g/mol. The van der Waals surface area contributed by atoms with Gasteiger partial charge in [-0.3, -0.25) is 0 Å². The quantitative estimate of drug-likeness (QED) is 0.169. The molecule has 292 valence electrons. The summed E-state index contributed by atoms with van der Waals surface area (Å²) in [6, 6.07) is 69.9. The van der Waals surface area contributed by atoms with E-state index in [0.717, 1.165) is 17.1 Å². The zero-order valence-corrected chi connectivity index (χ0v) is 35.8. The molecule has 0 fully saturated rings. The second-order valence-corrected chi connectivity index (χ2v) is 19.4. The lowest BCUT2D eigenvalue weighted by atomic mass is 9.66. The van der Waals surface area contributed by atoms with E-state index in [1.54, 1.807) is 0 Å². The van der Waals surface area contributed by atoms with Crippen molar-refractivity contribution in [3.8, 4) is 33.4 Å². The Kier molecular flexibility index (Phi) is 7.80. The van der Waals surface area contributed by atoms with Crippen LogP contribution in [0.5, 0.6) is 0 Å². The summed E-state index contributed by atoms with van der Waals surface area (Å²) in [4.78, 5) is 2.49. The van der Waals surface area contributed by atoms with Crippen LogP contribution in [0, 0.1) is 0 Å². The zero-order chi connectivity index (χ0) is 41.2. The highest BCUT2D eigenvalue weighted by atomic mass is 15.1. The first-order chi connectivity index (χ1) is 28.9. The lowest BCUT2D eigenvalue weighted by molar-refractivity contribution is 0.589. The van der Waals surface area contributed by atoms with Crippen LogP contribution < -0.4 is 4.90 Å². The number of rotatable bonds is 2. The highest BCUT2D eigenvalue weighted by Crippen LogP contribution is 2.58. The van der Waals surface area contributed by atoms with Gasteiger partial charge < -0.3 is 4.90 Å². The number of benzene rings is 8. The normalized spacial score (nSPS) is 17.6. The third-order valence-corrected chi connectivity index (χ3v) is 14.4. The van der Waals surface area contributed by atoms with Crippen LogP contribution in [0.3, 0.4) is 0 Å². The van der Waals surface area contributed by atoms with Gasteiger partial charge in [-0.2, -0.15) is 0 Å². The molecule has 0 saturated carbocycles. The summed E-state index contributed by atoms with van der Waals surface area (Å²) in [7, 11) is 0. The summed E-state index contributed by atoms with van der Waals surface area (Å²) in [5.41, 5.74) is 22.2. The molecule has 2 aliphatic carbocycles. The Bertz CT molecular complexity index is 2990. The number of hydrogen-bond donors (Lipinski definition) is 0. The molecule has 1 nitrogen and oxygen atoms in total. The molecule has 0 amide bonds. The molecule has 6 bridgehead atoms. The van der Waals surface area contributed by atoms with Crippen molar-refractivity contribution in [2.45, 2.75) is 70.1 Å². The fourth-order valence-corrected chi connectivity index (χ4v) is 11.1. The van der Waals surface area contributed by atoms with Crippen LogP contribution in [0.2, 0.25) is 0 Å². The van der Waals surface area contributed by atoms with Gasteiger partial charge in [0.15, 0.2) is 0 Å². The third-order valence-electron chi connectivity index (χ3n) is 14.4. The van der Waals surface area contributed by atoms with Gasteiger partial charge in [0.25, 0.3) is 0 Å². The maximum absolute atomic E-state index is 2.51. The fourth-order valence-electron chi connectivity index (χ4n) is 11.1. The Morgan fingerprint density at radius 1 is 0.350 bits per heavy atom. The van der Waals surface area contributed by atoms with Crippen LogP contribution in [-0.2, 0) is 21.7 Å². The molecule has 0 spiro atoms. The molecule has 1 atom stereocenters. The first-order valence-corrected chi connectivity index (χ1v) is 21.6. The predicted octanol–water partition coefficient (Wildman–Crippen LogP) is 15.4. The minimum Gasteiger partial charge on any atom is -0.310 e. The summed E-state index contributed by atoms with van der Waals surface area (Å²) in [6.45, 7) is 16.4. The van der Waals surface area contributed by atoms with Crippen LogP contribution in [-0.4, -0.2) is 0 Å². The first-order valence-electron chi connectivity index (χ1n) is 21.6. The van der Waals surface area contributed by atoms with Gasteiger partial charge in [0.05, 0.1) is 5.41 Å². The number of anilines is 3. The van der Waals surface area contributed by atoms with E-state index in [4.69, 9.17) is 0 Å². The van der Waals surface area contributed by atoms with Crippen molar-refractivity contribution < 1.29 is 0 Å². The molecule has 8 aromatic rings. The third kappa shape index (κ3) is 5.11. The summed E-state index contributed by atoms with van der Waals surface area (Å²) >= 11 is 0. The van der Waals surface area contributed by atoms with Crippen LogP contribution in [0.4, 0.5) is 17.1 Å². The summed E-state index contributed by atoms with van der Waals surface area (Å²) in [5, 5.41) is 0. The molecule has 0 aromatic heterocycles.